The molecule has 0 aromatic heterocycles. The van der Waals surface area contributed by atoms with E-state index in [0.717, 1.165) is 37.3 Å². The Morgan fingerprint density at radius 2 is 2.27 bits per heavy atom. The van der Waals surface area contributed by atoms with Crippen molar-refractivity contribution in [2.45, 2.75) is 25.0 Å². The summed E-state index contributed by atoms with van der Waals surface area (Å²) < 4.78 is 26.5. The normalized spacial score (nSPS) is 19.4. The summed E-state index contributed by atoms with van der Waals surface area (Å²) in [7, 11) is 1.77. The first-order chi connectivity index (χ1) is 10.6. The molecule has 1 aliphatic rings. The SMILES string of the molecule is CCC1CN(C(=NC)NCCc2ccc(F)cc2F)CCS1. The topological polar surface area (TPSA) is 27.6 Å². The second-order valence-corrected chi connectivity index (χ2v) is 6.72. The highest BCUT2D eigenvalue weighted by molar-refractivity contribution is 8.00. The number of halogens is 2. The predicted octanol–water partition coefficient (Wildman–Crippen LogP) is 2.91. The van der Waals surface area contributed by atoms with Crippen LogP contribution in [0.15, 0.2) is 23.2 Å². The summed E-state index contributed by atoms with van der Waals surface area (Å²) in [5.74, 6) is 0.936. The molecule has 2 rings (SSSR count). The molecule has 1 N–H and O–H groups in total. The van der Waals surface area contributed by atoms with Gasteiger partial charge in [-0.25, -0.2) is 8.78 Å². The van der Waals surface area contributed by atoms with Crippen LogP contribution in [-0.2, 0) is 6.42 Å². The molecule has 0 saturated carbocycles. The van der Waals surface area contributed by atoms with Gasteiger partial charge in [0.15, 0.2) is 5.96 Å². The Balaban J connectivity index is 1.86. The zero-order valence-corrected chi connectivity index (χ0v) is 13.9. The smallest absolute Gasteiger partial charge is 0.193 e. The minimum Gasteiger partial charge on any atom is -0.356 e. The standard InChI is InChI=1S/C16H23F2N3S/c1-3-14-11-21(8-9-22-14)16(19-2)20-7-6-12-4-5-13(17)10-15(12)18/h4-5,10,14H,3,6-9,11H2,1-2H3,(H,19,20). The number of thioether (sulfide) groups is 1. The lowest BCUT2D eigenvalue weighted by Gasteiger charge is -2.34. The fourth-order valence-corrected chi connectivity index (χ4v) is 3.70. The minimum absolute atomic E-state index is 0.489. The van der Waals surface area contributed by atoms with E-state index in [1.54, 1.807) is 7.05 Å². The van der Waals surface area contributed by atoms with Crippen molar-refractivity contribution >= 4 is 17.7 Å². The Morgan fingerprint density at radius 3 is 2.95 bits per heavy atom. The zero-order valence-electron chi connectivity index (χ0n) is 13.1. The average Bonchev–Trinajstić information content (AvgIpc) is 2.53. The second kappa shape index (κ2) is 8.36. The number of hydrogen-bond acceptors (Lipinski definition) is 2. The maximum absolute atomic E-state index is 13.6. The van der Waals surface area contributed by atoms with Gasteiger partial charge in [-0.15, -0.1) is 0 Å². The van der Waals surface area contributed by atoms with Crippen molar-refractivity contribution in [2.24, 2.45) is 4.99 Å². The van der Waals surface area contributed by atoms with Crippen LogP contribution in [0.2, 0.25) is 0 Å². The van der Waals surface area contributed by atoms with E-state index < -0.39 is 11.6 Å². The van der Waals surface area contributed by atoms with E-state index in [0.29, 0.717) is 23.8 Å². The maximum Gasteiger partial charge on any atom is 0.193 e. The van der Waals surface area contributed by atoms with Gasteiger partial charge in [0.25, 0.3) is 0 Å². The molecule has 0 aliphatic carbocycles. The molecule has 0 spiro atoms. The first kappa shape index (κ1) is 17.1. The van der Waals surface area contributed by atoms with Crippen molar-refractivity contribution in [1.29, 1.82) is 0 Å². The summed E-state index contributed by atoms with van der Waals surface area (Å²) in [5, 5.41) is 3.92. The molecule has 1 aromatic rings. The molecule has 1 aromatic carbocycles. The largest absolute Gasteiger partial charge is 0.356 e. The highest BCUT2D eigenvalue weighted by Gasteiger charge is 2.21. The van der Waals surface area contributed by atoms with Crippen LogP contribution in [0, 0.1) is 11.6 Å². The number of nitrogens with zero attached hydrogens (tertiary/aromatic N) is 2. The monoisotopic (exact) mass is 327 g/mol. The van der Waals surface area contributed by atoms with Gasteiger partial charge in [-0.3, -0.25) is 4.99 Å². The lowest BCUT2D eigenvalue weighted by atomic mass is 10.1. The highest BCUT2D eigenvalue weighted by Crippen LogP contribution is 2.21. The molecule has 1 atom stereocenters. The van der Waals surface area contributed by atoms with Gasteiger partial charge in [0.05, 0.1) is 0 Å². The van der Waals surface area contributed by atoms with Crippen LogP contribution in [0.1, 0.15) is 18.9 Å². The Bertz CT molecular complexity index is 522. The number of benzene rings is 1. The van der Waals surface area contributed by atoms with Gasteiger partial charge >= 0.3 is 0 Å². The first-order valence-electron chi connectivity index (χ1n) is 7.65. The van der Waals surface area contributed by atoms with Gasteiger partial charge in [0.2, 0.25) is 0 Å². The van der Waals surface area contributed by atoms with Crippen molar-refractivity contribution in [1.82, 2.24) is 10.2 Å². The third kappa shape index (κ3) is 4.60. The first-order valence-corrected chi connectivity index (χ1v) is 8.70. The molecular weight excluding hydrogens is 304 g/mol. The number of aliphatic imine (C=N–C) groups is 1. The average molecular weight is 327 g/mol. The van der Waals surface area contributed by atoms with Gasteiger partial charge in [-0.2, -0.15) is 11.8 Å². The van der Waals surface area contributed by atoms with Crippen LogP contribution in [0.3, 0.4) is 0 Å². The van der Waals surface area contributed by atoms with E-state index in [1.165, 1.54) is 12.1 Å². The van der Waals surface area contributed by atoms with Gasteiger partial charge in [0.1, 0.15) is 11.6 Å². The lowest BCUT2D eigenvalue weighted by Crippen LogP contribution is -2.48. The number of rotatable bonds is 4. The maximum atomic E-state index is 13.6. The molecular formula is C16H23F2N3S. The summed E-state index contributed by atoms with van der Waals surface area (Å²) in [4.78, 5) is 6.57. The number of nitrogens with one attached hydrogen (secondary N) is 1. The van der Waals surface area contributed by atoms with E-state index in [2.05, 4.69) is 22.1 Å². The molecule has 122 valence electrons. The van der Waals surface area contributed by atoms with Crippen LogP contribution in [0.5, 0.6) is 0 Å². The van der Waals surface area contributed by atoms with Crippen molar-refractivity contribution in [3.8, 4) is 0 Å². The minimum atomic E-state index is -0.540. The Hall–Kier alpha value is -1.30. The number of guanidine groups is 1. The highest BCUT2D eigenvalue weighted by atomic mass is 32.2. The second-order valence-electron chi connectivity index (χ2n) is 5.31. The quantitative estimate of drug-likeness (QED) is 0.681. The van der Waals surface area contributed by atoms with Gasteiger partial charge in [-0.1, -0.05) is 13.0 Å². The van der Waals surface area contributed by atoms with Gasteiger partial charge in [-0.05, 0) is 24.5 Å². The molecule has 1 fully saturated rings. The molecule has 6 heteroatoms. The molecule has 1 unspecified atom stereocenters. The molecule has 0 amide bonds. The van der Waals surface area contributed by atoms with E-state index in [-0.39, 0.29) is 0 Å². The van der Waals surface area contributed by atoms with Crippen molar-refractivity contribution in [3.63, 3.8) is 0 Å². The zero-order chi connectivity index (χ0) is 15.9. The van der Waals surface area contributed by atoms with Crippen LogP contribution in [-0.4, -0.2) is 48.5 Å². The molecule has 1 aliphatic heterocycles. The lowest BCUT2D eigenvalue weighted by molar-refractivity contribution is 0.408. The van der Waals surface area contributed by atoms with E-state index in [1.807, 2.05) is 11.8 Å². The van der Waals surface area contributed by atoms with Crippen LogP contribution in [0.4, 0.5) is 8.78 Å². The fourth-order valence-electron chi connectivity index (χ4n) is 2.52. The fraction of sp³-hybridized carbons (Fsp3) is 0.562. The number of hydrogen-bond donors (Lipinski definition) is 1. The summed E-state index contributed by atoms with van der Waals surface area (Å²) in [6.45, 7) is 4.75. The molecule has 3 nitrogen and oxygen atoms in total. The van der Waals surface area contributed by atoms with Crippen LogP contribution >= 0.6 is 11.8 Å². The Kier molecular flexibility index (Phi) is 6.49. The summed E-state index contributed by atoms with van der Waals surface area (Å²) in [6, 6.07) is 3.72. The molecule has 0 bridgehead atoms. The van der Waals surface area contributed by atoms with Crippen LogP contribution in [0.25, 0.3) is 0 Å². The Labute approximate surface area is 135 Å². The van der Waals surface area contributed by atoms with E-state index in [9.17, 15) is 8.78 Å². The third-order valence-corrected chi connectivity index (χ3v) is 5.17. The van der Waals surface area contributed by atoms with Crippen molar-refractivity contribution in [3.05, 3.63) is 35.4 Å². The molecule has 22 heavy (non-hydrogen) atoms. The summed E-state index contributed by atoms with van der Waals surface area (Å²) >= 11 is 2.01. The third-order valence-electron chi connectivity index (χ3n) is 3.80. The molecule has 1 saturated heterocycles. The van der Waals surface area contributed by atoms with Crippen molar-refractivity contribution in [2.75, 3.05) is 32.4 Å². The van der Waals surface area contributed by atoms with E-state index in [4.69, 9.17) is 0 Å². The van der Waals surface area contributed by atoms with E-state index >= 15 is 0 Å². The van der Waals surface area contributed by atoms with Crippen LogP contribution < -0.4 is 5.32 Å². The summed E-state index contributed by atoms with van der Waals surface area (Å²) in [6.07, 6.45) is 1.66. The van der Waals surface area contributed by atoms with Gasteiger partial charge < -0.3 is 10.2 Å². The predicted molar refractivity (Wildman–Crippen MR) is 89.5 cm³/mol. The summed E-state index contributed by atoms with van der Waals surface area (Å²) in [5.41, 5.74) is 0.519. The van der Waals surface area contributed by atoms with Gasteiger partial charge in [0, 0.05) is 43.8 Å². The molecule has 1 heterocycles. The Morgan fingerprint density at radius 1 is 1.45 bits per heavy atom. The molecule has 0 radical (unpaired) electrons. The van der Waals surface area contributed by atoms with Crippen molar-refractivity contribution < 1.29 is 8.78 Å².